The minimum atomic E-state index is -0.965. The Hall–Kier alpha value is -2.12. The fraction of sp³-hybridized carbons (Fsp3) is 0.500. The number of nitrogens with one attached hydrogen (secondary N) is 2. The van der Waals surface area contributed by atoms with Crippen LogP contribution in [0.4, 0.5) is 5.82 Å². The Morgan fingerprint density at radius 2 is 2.19 bits per heavy atom. The van der Waals surface area contributed by atoms with Gasteiger partial charge in [0.1, 0.15) is 0 Å². The molecule has 0 saturated carbocycles. The first kappa shape index (κ1) is 12.0. The number of rotatable bonds is 4. The van der Waals surface area contributed by atoms with Gasteiger partial charge in [-0.25, -0.2) is 9.89 Å². The number of carbonyl (C=O) groups is 1. The van der Waals surface area contributed by atoms with Gasteiger partial charge in [-0.05, 0) is 0 Å². The summed E-state index contributed by atoms with van der Waals surface area (Å²) < 4.78 is 0. The van der Waals surface area contributed by atoms with Crippen molar-refractivity contribution in [3.63, 3.8) is 0 Å². The Morgan fingerprint density at radius 3 is 2.69 bits per heavy atom. The second-order valence-corrected chi connectivity index (χ2v) is 3.45. The lowest BCUT2D eigenvalue weighted by molar-refractivity contribution is -0.140. The molecule has 1 unspecified atom stereocenters. The van der Waals surface area contributed by atoms with E-state index in [1.165, 1.54) is 18.9 Å². The van der Waals surface area contributed by atoms with Crippen LogP contribution in [0.25, 0.3) is 0 Å². The molecule has 0 aliphatic rings. The van der Waals surface area contributed by atoms with Crippen LogP contribution < -0.4 is 16.1 Å². The van der Waals surface area contributed by atoms with Crippen LogP contribution in [-0.2, 0) is 4.79 Å². The molecular weight excluding hydrogens is 216 g/mol. The van der Waals surface area contributed by atoms with Crippen LogP contribution in [0.5, 0.6) is 0 Å². The Labute approximate surface area is 89.9 Å². The van der Waals surface area contributed by atoms with Gasteiger partial charge in [-0.3, -0.25) is 14.6 Å². The van der Waals surface area contributed by atoms with Gasteiger partial charge >= 0.3 is 11.7 Å². The van der Waals surface area contributed by atoms with Gasteiger partial charge in [0.15, 0.2) is 0 Å². The fourth-order valence-electron chi connectivity index (χ4n) is 1.18. The summed E-state index contributed by atoms with van der Waals surface area (Å²) in [5.74, 6) is -1.63. The molecule has 3 N–H and O–H groups in total. The molecule has 1 atom stereocenters. The van der Waals surface area contributed by atoms with E-state index >= 15 is 0 Å². The number of anilines is 1. The molecule has 8 nitrogen and oxygen atoms in total. The van der Waals surface area contributed by atoms with Gasteiger partial charge in [-0.1, -0.05) is 6.92 Å². The molecule has 0 fully saturated rings. The molecule has 1 aromatic heterocycles. The highest BCUT2D eigenvalue weighted by molar-refractivity contribution is 5.70. The average molecular weight is 228 g/mol. The van der Waals surface area contributed by atoms with Crippen molar-refractivity contribution in [1.29, 1.82) is 0 Å². The fourth-order valence-corrected chi connectivity index (χ4v) is 1.18. The Balaban J connectivity index is 2.89. The Bertz CT molecular complexity index is 491. The number of nitrogens with zero attached hydrogens (tertiary/aromatic N) is 2. The maximum Gasteiger partial charge on any atom is 0.342 e. The molecule has 8 heteroatoms. The number of aromatic nitrogens is 3. The first-order valence-corrected chi connectivity index (χ1v) is 4.54. The van der Waals surface area contributed by atoms with Gasteiger partial charge in [0.25, 0.3) is 5.56 Å². The van der Waals surface area contributed by atoms with E-state index in [2.05, 4.69) is 10.2 Å². The molecule has 88 valence electrons. The third kappa shape index (κ3) is 2.69. The number of aliphatic carboxylic acids is 1. The molecule has 0 aliphatic carbocycles. The zero-order valence-electron chi connectivity index (χ0n) is 8.85. The van der Waals surface area contributed by atoms with Gasteiger partial charge in [-0.15, -0.1) is 5.10 Å². The SMILES string of the molecule is CC(CN(C)c1n[nH]c(=O)[nH]c1=O)C(=O)O. The maximum atomic E-state index is 11.3. The van der Waals surface area contributed by atoms with E-state index in [-0.39, 0.29) is 12.4 Å². The van der Waals surface area contributed by atoms with E-state index in [1.807, 2.05) is 4.98 Å². The number of aromatic amines is 2. The molecule has 0 saturated heterocycles. The molecule has 0 aromatic carbocycles. The molecule has 16 heavy (non-hydrogen) atoms. The molecule has 0 bridgehead atoms. The topological polar surface area (TPSA) is 119 Å². The highest BCUT2D eigenvalue weighted by Gasteiger charge is 2.16. The summed E-state index contributed by atoms with van der Waals surface area (Å²) in [4.78, 5) is 36.0. The van der Waals surface area contributed by atoms with Gasteiger partial charge in [0.2, 0.25) is 5.82 Å². The van der Waals surface area contributed by atoms with Crippen molar-refractivity contribution in [2.45, 2.75) is 6.92 Å². The third-order valence-corrected chi connectivity index (χ3v) is 2.02. The van der Waals surface area contributed by atoms with Gasteiger partial charge in [0.05, 0.1) is 5.92 Å². The monoisotopic (exact) mass is 228 g/mol. The zero-order chi connectivity index (χ0) is 12.3. The van der Waals surface area contributed by atoms with Crippen LogP contribution in [-0.4, -0.2) is 39.8 Å². The van der Waals surface area contributed by atoms with Crippen LogP contribution in [0.2, 0.25) is 0 Å². The minimum Gasteiger partial charge on any atom is -0.481 e. The molecular formula is C8H12N4O4. The zero-order valence-corrected chi connectivity index (χ0v) is 8.85. The third-order valence-electron chi connectivity index (χ3n) is 2.02. The predicted octanol–water partition coefficient (Wildman–Crippen LogP) is -1.38. The van der Waals surface area contributed by atoms with Crippen LogP contribution in [0.15, 0.2) is 9.59 Å². The summed E-state index contributed by atoms with van der Waals surface area (Å²) in [7, 11) is 1.52. The highest BCUT2D eigenvalue weighted by Crippen LogP contribution is 2.03. The Morgan fingerprint density at radius 1 is 1.56 bits per heavy atom. The molecule has 1 rings (SSSR count). The number of carboxylic acid groups (broad SMARTS) is 1. The first-order chi connectivity index (χ1) is 7.41. The molecule has 0 amide bonds. The van der Waals surface area contributed by atoms with E-state index in [4.69, 9.17) is 5.11 Å². The lowest BCUT2D eigenvalue weighted by atomic mass is 10.2. The number of H-pyrrole nitrogens is 2. The molecule has 1 aromatic rings. The second-order valence-electron chi connectivity index (χ2n) is 3.45. The minimum absolute atomic E-state index is 0.0206. The first-order valence-electron chi connectivity index (χ1n) is 4.54. The van der Waals surface area contributed by atoms with E-state index in [0.717, 1.165) is 0 Å². The van der Waals surface area contributed by atoms with E-state index in [9.17, 15) is 14.4 Å². The van der Waals surface area contributed by atoms with Crippen molar-refractivity contribution in [3.05, 3.63) is 20.8 Å². The predicted molar refractivity (Wildman–Crippen MR) is 55.5 cm³/mol. The van der Waals surface area contributed by atoms with Gasteiger partial charge < -0.3 is 10.0 Å². The normalized spacial score (nSPS) is 12.1. The second kappa shape index (κ2) is 4.60. The van der Waals surface area contributed by atoms with Gasteiger partial charge in [-0.2, -0.15) is 0 Å². The van der Waals surface area contributed by atoms with E-state index in [0.29, 0.717) is 0 Å². The molecule has 0 radical (unpaired) electrons. The summed E-state index contributed by atoms with van der Waals surface area (Å²) in [5.41, 5.74) is -1.35. The summed E-state index contributed by atoms with van der Waals surface area (Å²) >= 11 is 0. The van der Waals surface area contributed by atoms with Crippen molar-refractivity contribution in [2.75, 3.05) is 18.5 Å². The van der Waals surface area contributed by atoms with Crippen LogP contribution in [0.1, 0.15) is 6.92 Å². The smallest absolute Gasteiger partial charge is 0.342 e. The molecule has 0 aliphatic heterocycles. The van der Waals surface area contributed by atoms with Crippen molar-refractivity contribution < 1.29 is 9.90 Å². The summed E-state index contributed by atoms with van der Waals surface area (Å²) in [5, 5.41) is 14.3. The lowest BCUT2D eigenvalue weighted by Crippen LogP contribution is -2.36. The number of hydrogen-bond acceptors (Lipinski definition) is 5. The van der Waals surface area contributed by atoms with Crippen molar-refractivity contribution >= 4 is 11.8 Å². The maximum absolute atomic E-state index is 11.3. The van der Waals surface area contributed by atoms with Crippen molar-refractivity contribution in [3.8, 4) is 0 Å². The van der Waals surface area contributed by atoms with E-state index < -0.39 is 23.1 Å². The summed E-state index contributed by atoms with van der Waals surface area (Å²) in [6.45, 7) is 1.64. The number of hydrogen-bond donors (Lipinski definition) is 3. The summed E-state index contributed by atoms with van der Waals surface area (Å²) in [6, 6.07) is 0. The van der Waals surface area contributed by atoms with Crippen molar-refractivity contribution in [2.24, 2.45) is 5.92 Å². The lowest BCUT2D eigenvalue weighted by Gasteiger charge is -2.18. The van der Waals surface area contributed by atoms with Crippen LogP contribution in [0, 0.1) is 5.92 Å². The Kier molecular flexibility index (Phi) is 3.44. The van der Waals surface area contributed by atoms with Crippen molar-refractivity contribution in [1.82, 2.24) is 15.2 Å². The summed E-state index contributed by atoms with van der Waals surface area (Å²) in [6.07, 6.45) is 0. The van der Waals surface area contributed by atoms with E-state index in [1.54, 1.807) is 0 Å². The average Bonchev–Trinajstić information content (AvgIpc) is 2.16. The highest BCUT2D eigenvalue weighted by atomic mass is 16.4. The molecule has 0 spiro atoms. The number of carboxylic acids is 1. The van der Waals surface area contributed by atoms with Crippen LogP contribution in [0.3, 0.4) is 0 Å². The quantitative estimate of drug-likeness (QED) is 0.584. The molecule has 1 heterocycles. The van der Waals surface area contributed by atoms with Gasteiger partial charge in [0, 0.05) is 13.6 Å². The largest absolute Gasteiger partial charge is 0.481 e. The standard InChI is InChI=1S/C8H12N4O4/c1-4(7(14)15)3-12(2)5-6(13)9-8(16)11-10-5/h4H,3H2,1-2H3,(H,14,15)(H2,9,11,13,16). The van der Waals surface area contributed by atoms with Crippen LogP contribution >= 0.6 is 0 Å².